The molecule has 0 radical (unpaired) electrons. The van der Waals surface area contributed by atoms with E-state index in [4.69, 9.17) is 19.3 Å². The highest BCUT2D eigenvalue weighted by Gasteiger charge is 2.24. The fourth-order valence-corrected chi connectivity index (χ4v) is 3.69. The first-order chi connectivity index (χ1) is 53.3. The summed E-state index contributed by atoms with van der Waals surface area (Å²) in [4.78, 5) is 0. The van der Waals surface area contributed by atoms with Crippen LogP contribution in [0.4, 0.5) is 0 Å². The highest BCUT2D eigenvalue weighted by molar-refractivity contribution is 7.35. The smallest absolute Gasteiger partial charge is 0.130 e. The Kier molecular flexibility index (Phi) is 62.5. The van der Waals surface area contributed by atoms with Crippen molar-refractivity contribution in [1.82, 2.24) is 0 Å². The Morgan fingerprint density at radius 1 is 0.103 bits per heavy atom. The minimum Gasteiger partial charge on any atom is -0.130 e. The van der Waals surface area contributed by atoms with Gasteiger partial charge in [0, 0.05) is 189 Å². The Morgan fingerprint density at radius 3 is 0.262 bits per heavy atom. The molecule has 2 heteroatoms. The largest absolute Gasteiger partial charge is 0.317 e. The SMILES string of the molecule is C#CC#CC#CC#CC#CC#CC#CC#CC#CC#CC#CC#CC#CB(C#CC#CC#CC#CC#CC#CC#CC#CC#CC#CC#CC#CC#C)B(C#CC#CC#CC#CC#CC#CC#CC#CC#CC#CC#CC#CC#C)C#CC#CC#CC#CC#CC#CC#CC#CC#CC#CC#CC#CC#CC. The zero-order chi connectivity index (χ0) is 76.6. The van der Waals surface area contributed by atoms with Crippen molar-refractivity contribution < 1.29 is 0 Å². The quantitative estimate of drug-likeness (QED) is 0.263. The van der Waals surface area contributed by atoms with Gasteiger partial charge in [-0.1, -0.05) is 5.92 Å². The van der Waals surface area contributed by atoms with Crippen LogP contribution in [-0.4, -0.2) is 13.2 Å². The van der Waals surface area contributed by atoms with Crippen molar-refractivity contribution in [3.8, 4) is 617 Å². The van der Waals surface area contributed by atoms with E-state index in [-0.39, 0.29) is 0 Å². The third-order valence-electron chi connectivity index (χ3n) is 7.15. The lowest BCUT2D eigenvalue weighted by Gasteiger charge is -1.95. The van der Waals surface area contributed by atoms with E-state index in [1.54, 1.807) is 6.92 Å². The molecule has 0 saturated carbocycles. The van der Waals surface area contributed by atoms with Crippen LogP contribution in [0.15, 0.2) is 0 Å². The zero-order valence-corrected chi connectivity index (χ0v) is 54.4. The Labute approximate surface area is 632 Å². The lowest BCUT2D eigenvalue weighted by molar-refractivity contribution is 1.92. The van der Waals surface area contributed by atoms with Crippen molar-refractivity contribution >= 4 is 13.2 Å². The molecule has 0 N–H and O–H groups in total. The van der Waals surface area contributed by atoms with Crippen LogP contribution in [0.3, 0.4) is 0 Å². The molecular formula is C105H6B2. The molecule has 0 rings (SSSR count). The van der Waals surface area contributed by atoms with Crippen LogP contribution in [0, 0.1) is 617 Å². The van der Waals surface area contributed by atoms with Crippen LogP contribution in [-0.2, 0) is 0 Å². The van der Waals surface area contributed by atoms with E-state index in [1.807, 2.05) is 0 Å². The number of hydrogen-bond acceptors (Lipinski definition) is 0. The second-order valence-corrected chi connectivity index (χ2v) is 13.8. The summed E-state index contributed by atoms with van der Waals surface area (Å²) >= 11 is 0. The Hall–Kier alpha value is -22.8. The molecule has 0 saturated heterocycles. The minimum atomic E-state index is -0.933. The number of hydrogen-bond donors (Lipinski definition) is 0. The predicted molar refractivity (Wildman–Crippen MR) is 425 cm³/mol. The summed E-state index contributed by atoms with van der Waals surface area (Å²) in [6, 6.07) is 0. The highest BCUT2D eigenvalue weighted by Crippen LogP contribution is 1.88. The van der Waals surface area contributed by atoms with Gasteiger partial charge in [0.15, 0.2) is 0 Å². The molecule has 107 heavy (non-hydrogen) atoms. The molecule has 0 unspecified atom stereocenters. The summed E-state index contributed by atoms with van der Waals surface area (Å²) in [5, 5.41) is 0. The van der Waals surface area contributed by atoms with Gasteiger partial charge in [0.1, 0.15) is 0 Å². The van der Waals surface area contributed by atoms with Gasteiger partial charge in [-0.2, -0.15) is 0 Å². The first-order valence-electron chi connectivity index (χ1n) is 27.1. The van der Waals surface area contributed by atoms with Gasteiger partial charge in [0.05, 0.1) is 0 Å². The van der Waals surface area contributed by atoms with Crippen LogP contribution in [0.5, 0.6) is 0 Å². The predicted octanol–water partition coefficient (Wildman–Crippen LogP) is 0.297. The Bertz CT molecular complexity index is 6980. The van der Waals surface area contributed by atoms with Crippen LogP contribution < -0.4 is 0 Å². The maximum Gasteiger partial charge on any atom is 0.317 e. The first kappa shape index (κ1) is 84.2. The van der Waals surface area contributed by atoms with E-state index in [1.165, 1.54) is 0 Å². The fraction of sp³-hybridized carbons (Fsp3) is 0.00952. The highest BCUT2D eigenvalue weighted by atomic mass is 13.7. The third kappa shape index (κ3) is 73.9. The molecule has 0 aliphatic heterocycles. The molecule has 0 atom stereocenters. The average molecular weight is 1290 g/mol. The van der Waals surface area contributed by atoms with E-state index in [9.17, 15) is 0 Å². The van der Waals surface area contributed by atoms with Crippen LogP contribution in [0.2, 0.25) is 0 Å². The maximum absolute atomic E-state index is 4.99. The second kappa shape index (κ2) is 79.3. The lowest BCUT2D eigenvalue weighted by atomic mass is 9.10. The molecule has 0 bridgehead atoms. The molecule has 0 aliphatic rings. The van der Waals surface area contributed by atoms with Gasteiger partial charge in [-0.15, -0.1) is 42.5 Å². The van der Waals surface area contributed by atoms with E-state index in [2.05, 4.69) is 598 Å². The summed E-state index contributed by atoms with van der Waals surface area (Å²) in [7, 11) is 0. The molecule has 0 aromatic heterocycles. The standard InChI is InChI=1S/C105H6B2/c1-5-9-13-17-21-25-29-33-37-41-45-49-53-57-61-65-69-73-77-81-85-89-93-97-101-105-107(104-100-96-92-88-84-80-76-72-68-64-60-56-52-48-44-40-36-32-28-24-20-16-12-8-4)106(102-98-94-90-86-82-78-74-70-66-62-58-54-50-46-42-38-34-30-26-22-18-14-10-6-2)103-99-95-91-87-83-79-75-71-67-63-59-55-51-47-43-39-35-31-27-23-19-15-11-7-3/h2-4H,1H3. The van der Waals surface area contributed by atoms with E-state index >= 15 is 0 Å². The molecular weight excluding hydrogens is 1280 g/mol. The molecule has 0 aromatic carbocycles. The third-order valence-corrected chi connectivity index (χ3v) is 7.15. The van der Waals surface area contributed by atoms with E-state index in [0.29, 0.717) is 0 Å². The zero-order valence-electron chi connectivity index (χ0n) is 54.4. The summed E-state index contributed by atoms with van der Waals surface area (Å²) in [5.74, 6) is 254. The van der Waals surface area contributed by atoms with E-state index in [0.717, 1.165) is 0 Å². The fourth-order valence-electron chi connectivity index (χ4n) is 3.69. The monoisotopic (exact) mass is 1290 g/mol. The van der Waals surface area contributed by atoms with Gasteiger partial charge >= 0.3 is 13.2 Å². The normalized spacial score (nSPS) is 4.17. The van der Waals surface area contributed by atoms with Crippen molar-refractivity contribution in [2.24, 2.45) is 0 Å². The van der Waals surface area contributed by atoms with E-state index < -0.39 is 13.2 Å². The molecule has 0 amide bonds. The van der Waals surface area contributed by atoms with Crippen molar-refractivity contribution in [3.05, 3.63) is 0 Å². The molecule has 0 heterocycles. The summed E-state index contributed by atoms with van der Waals surface area (Å²) in [5.41, 5.74) is 0. The van der Waals surface area contributed by atoms with Crippen molar-refractivity contribution in [2.45, 2.75) is 6.92 Å². The number of terminal acetylenes is 3. The molecule has 0 nitrogen and oxygen atoms in total. The van der Waals surface area contributed by atoms with Gasteiger partial charge < -0.3 is 0 Å². The van der Waals surface area contributed by atoms with Gasteiger partial charge in [-0.25, -0.2) is 0 Å². The lowest BCUT2D eigenvalue weighted by Crippen LogP contribution is -2.32. The Morgan fingerprint density at radius 2 is 0.178 bits per heavy atom. The minimum absolute atomic E-state index is 0.933. The first-order valence-corrected chi connectivity index (χ1v) is 27.1. The van der Waals surface area contributed by atoms with Crippen molar-refractivity contribution in [1.29, 1.82) is 0 Å². The van der Waals surface area contributed by atoms with Crippen molar-refractivity contribution in [2.75, 3.05) is 0 Å². The summed E-state index contributed by atoms with van der Waals surface area (Å²) in [6.45, 7) is -0.195. The van der Waals surface area contributed by atoms with Crippen LogP contribution >= 0.6 is 0 Å². The molecule has 0 aromatic rings. The maximum atomic E-state index is 4.99. The van der Waals surface area contributed by atoms with Gasteiger partial charge in [-0.3, -0.25) is 0 Å². The molecule has 432 valence electrons. The second-order valence-electron chi connectivity index (χ2n) is 13.8. The average Bonchev–Trinajstić information content (AvgIpc) is 0.940. The molecule has 0 fully saturated rings. The van der Waals surface area contributed by atoms with Crippen molar-refractivity contribution in [3.63, 3.8) is 0 Å². The topological polar surface area (TPSA) is 0 Å². The van der Waals surface area contributed by atoms with Gasteiger partial charge in [0.25, 0.3) is 0 Å². The summed E-state index contributed by atoms with van der Waals surface area (Å²) < 4.78 is 0. The van der Waals surface area contributed by atoms with Gasteiger partial charge in [0.2, 0.25) is 0 Å². The van der Waals surface area contributed by atoms with Crippen LogP contribution in [0.1, 0.15) is 6.92 Å². The molecule has 0 spiro atoms. The Balaban J connectivity index is 7.25. The van der Waals surface area contributed by atoms with Gasteiger partial charge in [-0.05, 0) is 386 Å². The summed E-state index contributed by atoms with van der Waals surface area (Å²) in [6.07, 6.45) is 15.0. The van der Waals surface area contributed by atoms with Crippen LogP contribution in [0.25, 0.3) is 0 Å². The number of rotatable bonds is 1. The molecule has 0 aliphatic carbocycles.